The lowest BCUT2D eigenvalue weighted by Crippen LogP contribution is -2.48. The highest BCUT2D eigenvalue weighted by Gasteiger charge is 2.72. The van der Waals surface area contributed by atoms with Gasteiger partial charge in [-0.2, -0.15) is 0 Å². The van der Waals surface area contributed by atoms with E-state index < -0.39 is 0 Å². The molecule has 0 amide bonds. The predicted molar refractivity (Wildman–Crippen MR) is 84.2 cm³/mol. The van der Waals surface area contributed by atoms with Crippen LogP contribution in [0, 0.1) is 47.3 Å². The lowest BCUT2D eigenvalue weighted by Gasteiger charge is -2.44. The van der Waals surface area contributed by atoms with E-state index in [0.29, 0.717) is 18.3 Å². The first-order chi connectivity index (χ1) is 10.5. The molecule has 6 bridgehead atoms. The van der Waals surface area contributed by atoms with E-state index >= 15 is 0 Å². The molecule has 0 spiro atoms. The molecule has 2 aliphatic heterocycles. The number of ether oxygens (including phenoxy) is 2. The molecule has 0 aromatic heterocycles. The Balaban J connectivity index is 1.32. The molecule has 2 heterocycles. The fraction of sp³-hybridized carbons (Fsp3) is 0.900. The minimum atomic E-state index is 0.000813. The second-order valence-electron chi connectivity index (χ2n) is 9.99. The molecular weight excluding hydrogens is 272 g/mol. The van der Waals surface area contributed by atoms with Crippen molar-refractivity contribution in [2.24, 2.45) is 47.3 Å². The summed E-state index contributed by atoms with van der Waals surface area (Å²) in [7, 11) is 0. The van der Waals surface area contributed by atoms with Gasteiger partial charge in [-0.1, -0.05) is 12.2 Å². The molecule has 22 heavy (non-hydrogen) atoms. The Kier molecular flexibility index (Phi) is 2.26. The van der Waals surface area contributed by atoms with Crippen LogP contribution in [0.1, 0.15) is 40.0 Å². The second-order valence-corrected chi connectivity index (χ2v) is 9.99. The Morgan fingerprint density at radius 3 is 2.23 bits per heavy atom. The van der Waals surface area contributed by atoms with Crippen molar-refractivity contribution in [1.29, 1.82) is 0 Å². The predicted octanol–water partition coefficient (Wildman–Crippen LogP) is 3.66. The fourth-order valence-electron chi connectivity index (χ4n) is 7.81. The number of hydrogen-bond donors (Lipinski definition) is 0. The number of allylic oxidation sites excluding steroid dienone is 2. The molecule has 0 N–H and O–H groups in total. The standard InChI is InChI=1S/C20H28O2/c1-20(2,3)22-13-8-11-7-12(13)17-16(11)18-14-9-4-5-10(6-9)15(14)19(17)21-18/h4-5,9-19H,6-8H2,1-3H3. The van der Waals surface area contributed by atoms with Gasteiger partial charge in [0.05, 0.1) is 23.9 Å². The normalized spacial score (nSPS) is 63.0. The van der Waals surface area contributed by atoms with E-state index in [-0.39, 0.29) is 5.60 Å². The van der Waals surface area contributed by atoms with E-state index in [1.54, 1.807) is 0 Å². The van der Waals surface area contributed by atoms with Crippen LogP contribution in [-0.2, 0) is 9.47 Å². The third kappa shape index (κ3) is 1.41. The van der Waals surface area contributed by atoms with Gasteiger partial charge in [0.25, 0.3) is 0 Å². The van der Waals surface area contributed by atoms with E-state index in [1.165, 1.54) is 19.3 Å². The average Bonchev–Trinajstić information content (AvgIpc) is 3.22. The summed E-state index contributed by atoms with van der Waals surface area (Å²) in [5.41, 5.74) is 0.000813. The molecule has 0 aromatic carbocycles. The maximum Gasteiger partial charge on any atom is 0.0652 e. The second kappa shape index (κ2) is 3.83. The topological polar surface area (TPSA) is 18.5 Å². The van der Waals surface area contributed by atoms with E-state index in [2.05, 4.69) is 32.9 Å². The number of rotatable bonds is 1. The minimum Gasteiger partial charge on any atom is -0.374 e. The van der Waals surface area contributed by atoms with Gasteiger partial charge in [0.2, 0.25) is 0 Å². The maximum atomic E-state index is 6.65. The fourth-order valence-corrected chi connectivity index (χ4v) is 7.81. The van der Waals surface area contributed by atoms with Crippen molar-refractivity contribution in [3.8, 4) is 0 Å². The number of fused-ring (bicyclic) bond motifs is 16. The first kappa shape index (κ1) is 13.0. The van der Waals surface area contributed by atoms with Crippen LogP contribution < -0.4 is 0 Å². The monoisotopic (exact) mass is 300 g/mol. The Morgan fingerprint density at radius 2 is 1.55 bits per heavy atom. The van der Waals surface area contributed by atoms with Crippen molar-refractivity contribution in [1.82, 2.24) is 0 Å². The summed E-state index contributed by atoms with van der Waals surface area (Å²) in [5, 5.41) is 0. The van der Waals surface area contributed by atoms with Crippen molar-refractivity contribution in [2.45, 2.75) is 63.9 Å². The van der Waals surface area contributed by atoms with Crippen LogP contribution in [0.25, 0.3) is 0 Å². The smallest absolute Gasteiger partial charge is 0.0652 e. The third-order valence-electron chi connectivity index (χ3n) is 7.99. The summed E-state index contributed by atoms with van der Waals surface area (Å²) < 4.78 is 13.1. The summed E-state index contributed by atoms with van der Waals surface area (Å²) in [5.74, 6) is 6.81. The van der Waals surface area contributed by atoms with Crippen molar-refractivity contribution in [2.75, 3.05) is 0 Å². The molecule has 2 nitrogen and oxygen atoms in total. The van der Waals surface area contributed by atoms with Gasteiger partial charge in [0, 0.05) is 0 Å². The van der Waals surface area contributed by atoms with Gasteiger partial charge in [-0.25, -0.2) is 0 Å². The first-order valence-electron chi connectivity index (χ1n) is 9.53. The summed E-state index contributed by atoms with van der Waals surface area (Å²) in [6.07, 6.45) is 10.9. The number of hydrogen-bond acceptors (Lipinski definition) is 2. The average molecular weight is 300 g/mol. The van der Waals surface area contributed by atoms with E-state index in [9.17, 15) is 0 Å². The van der Waals surface area contributed by atoms with Gasteiger partial charge in [-0.3, -0.25) is 0 Å². The Hall–Kier alpha value is -0.340. The van der Waals surface area contributed by atoms with Crippen molar-refractivity contribution in [3.05, 3.63) is 12.2 Å². The van der Waals surface area contributed by atoms with Crippen LogP contribution in [0.5, 0.6) is 0 Å². The molecular formula is C20H28O2. The zero-order valence-corrected chi connectivity index (χ0v) is 13.9. The third-order valence-corrected chi connectivity index (χ3v) is 7.99. The molecule has 11 unspecified atom stereocenters. The summed E-state index contributed by atoms with van der Waals surface area (Å²) in [4.78, 5) is 0. The minimum absolute atomic E-state index is 0.000813. The van der Waals surface area contributed by atoms with E-state index in [4.69, 9.17) is 9.47 Å². The molecule has 2 saturated heterocycles. The molecule has 11 atom stereocenters. The summed E-state index contributed by atoms with van der Waals surface area (Å²) in [6, 6.07) is 0. The van der Waals surface area contributed by atoms with Crippen LogP contribution in [0.2, 0.25) is 0 Å². The van der Waals surface area contributed by atoms with Gasteiger partial charge >= 0.3 is 0 Å². The highest BCUT2D eigenvalue weighted by Crippen LogP contribution is 2.71. The van der Waals surface area contributed by atoms with E-state index in [0.717, 1.165) is 47.3 Å². The maximum absolute atomic E-state index is 6.65. The molecule has 6 aliphatic rings. The largest absolute Gasteiger partial charge is 0.374 e. The molecule has 6 rings (SSSR count). The van der Waals surface area contributed by atoms with Gasteiger partial charge in [0.15, 0.2) is 0 Å². The lowest BCUT2D eigenvalue weighted by atomic mass is 9.60. The molecule has 5 fully saturated rings. The van der Waals surface area contributed by atoms with Crippen LogP contribution in [-0.4, -0.2) is 23.9 Å². The lowest BCUT2D eigenvalue weighted by molar-refractivity contribution is -0.104. The Labute approximate surface area is 133 Å². The quantitative estimate of drug-likeness (QED) is 0.688. The Bertz CT molecular complexity index is 546. The SMILES string of the molecule is CC(C)(C)OC1CC2CC1C1C3OC(C4C5C=CC(C5)C34)C21. The van der Waals surface area contributed by atoms with Crippen molar-refractivity contribution < 1.29 is 9.47 Å². The van der Waals surface area contributed by atoms with Gasteiger partial charge < -0.3 is 9.47 Å². The molecule has 0 aromatic rings. The summed E-state index contributed by atoms with van der Waals surface area (Å²) in [6.45, 7) is 6.64. The van der Waals surface area contributed by atoms with Gasteiger partial charge in [0.1, 0.15) is 0 Å². The Morgan fingerprint density at radius 1 is 0.864 bits per heavy atom. The molecule has 120 valence electrons. The first-order valence-corrected chi connectivity index (χ1v) is 9.53. The zero-order chi connectivity index (χ0) is 14.8. The van der Waals surface area contributed by atoms with E-state index in [1.807, 2.05) is 0 Å². The highest BCUT2D eigenvalue weighted by molar-refractivity contribution is 5.25. The zero-order valence-electron chi connectivity index (χ0n) is 13.9. The molecule has 0 radical (unpaired) electrons. The van der Waals surface area contributed by atoms with Crippen molar-refractivity contribution in [3.63, 3.8) is 0 Å². The molecule has 2 heteroatoms. The highest BCUT2D eigenvalue weighted by atomic mass is 16.5. The van der Waals surface area contributed by atoms with Gasteiger partial charge in [-0.05, 0) is 87.4 Å². The van der Waals surface area contributed by atoms with Gasteiger partial charge in [-0.15, -0.1) is 0 Å². The van der Waals surface area contributed by atoms with Crippen LogP contribution >= 0.6 is 0 Å². The molecule has 4 aliphatic carbocycles. The summed E-state index contributed by atoms with van der Waals surface area (Å²) >= 11 is 0. The molecule has 3 saturated carbocycles. The van der Waals surface area contributed by atoms with Crippen LogP contribution in [0.15, 0.2) is 12.2 Å². The van der Waals surface area contributed by atoms with Crippen LogP contribution in [0.3, 0.4) is 0 Å². The van der Waals surface area contributed by atoms with Crippen LogP contribution in [0.4, 0.5) is 0 Å². The van der Waals surface area contributed by atoms with Crippen molar-refractivity contribution >= 4 is 0 Å².